The van der Waals surface area contributed by atoms with Crippen molar-refractivity contribution >= 4 is 0 Å². The van der Waals surface area contributed by atoms with E-state index in [9.17, 15) is 0 Å². The third kappa shape index (κ3) is 3.52. The van der Waals surface area contributed by atoms with Gasteiger partial charge in [-0.1, -0.05) is 49.5 Å². The summed E-state index contributed by atoms with van der Waals surface area (Å²) in [5.41, 5.74) is 9.59. The zero-order valence-electron chi connectivity index (χ0n) is 9.79. The summed E-state index contributed by atoms with van der Waals surface area (Å²) in [6, 6.07) is 0.00678. The number of hydrogen-bond donors (Lipinski definition) is 1. The fourth-order valence-corrected chi connectivity index (χ4v) is 1.57. The van der Waals surface area contributed by atoms with E-state index in [1.54, 1.807) is 0 Å². The van der Waals surface area contributed by atoms with Gasteiger partial charge in [0.1, 0.15) is 0 Å². The van der Waals surface area contributed by atoms with E-state index in [1.807, 2.05) is 0 Å². The maximum absolute atomic E-state index is 5.98. The Hall–Kier alpha value is -1.08. The van der Waals surface area contributed by atoms with E-state index in [0.29, 0.717) is 5.92 Å². The van der Waals surface area contributed by atoms with Crippen molar-refractivity contribution in [2.45, 2.75) is 32.7 Å². The number of hydrogen-bond acceptors (Lipinski definition) is 1. The van der Waals surface area contributed by atoms with Crippen molar-refractivity contribution in [1.82, 2.24) is 0 Å². The molecule has 0 saturated carbocycles. The predicted octanol–water partition coefficient (Wildman–Crippen LogP) is 3.36. The summed E-state index contributed by atoms with van der Waals surface area (Å²) in [6.07, 6.45) is 8.34. The minimum atomic E-state index is 0.00678. The van der Waals surface area contributed by atoms with E-state index in [4.69, 9.17) is 5.73 Å². The molecule has 1 heteroatoms. The second kappa shape index (κ2) is 5.13. The molecule has 0 radical (unpaired) electrons. The summed E-state index contributed by atoms with van der Waals surface area (Å²) in [4.78, 5) is 0. The van der Waals surface area contributed by atoms with Crippen LogP contribution in [0.25, 0.3) is 0 Å². The molecule has 0 aromatic rings. The zero-order valence-corrected chi connectivity index (χ0v) is 9.79. The normalized spacial score (nSPS) is 23.3. The van der Waals surface area contributed by atoms with Gasteiger partial charge < -0.3 is 5.73 Å². The summed E-state index contributed by atoms with van der Waals surface area (Å²) in [6.45, 7) is 12.2. The van der Waals surface area contributed by atoms with Crippen LogP contribution >= 0.6 is 0 Å². The van der Waals surface area contributed by atoms with E-state index >= 15 is 0 Å². The molecule has 0 saturated heterocycles. The van der Waals surface area contributed by atoms with Gasteiger partial charge in [-0.2, -0.15) is 0 Å². The van der Waals surface area contributed by atoms with Crippen LogP contribution in [-0.2, 0) is 0 Å². The second-order valence-corrected chi connectivity index (χ2v) is 4.48. The Kier molecular flexibility index (Phi) is 4.10. The van der Waals surface area contributed by atoms with Crippen LogP contribution in [0.1, 0.15) is 26.7 Å². The number of nitrogens with two attached hydrogens (primary N) is 1. The molecule has 82 valence electrons. The topological polar surface area (TPSA) is 26.0 Å². The van der Waals surface area contributed by atoms with Crippen LogP contribution in [0.3, 0.4) is 0 Å². The molecule has 0 amide bonds. The van der Waals surface area contributed by atoms with Crippen LogP contribution in [-0.4, -0.2) is 6.04 Å². The van der Waals surface area contributed by atoms with E-state index in [-0.39, 0.29) is 6.04 Å². The maximum Gasteiger partial charge on any atom is 0.0446 e. The molecule has 2 unspecified atom stereocenters. The SMILES string of the molecule is C=C1CC=CC(CC(C)C(=C)C)=CC1N. The van der Waals surface area contributed by atoms with Crippen LogP contribution in [0.2, 0.25) is 0 Å². The Labute approximate surface area is 93.1 Å². The van der Waals surface area contributed by atoms with Crippen LogP contribution in [0.15, 0.2) is 48.1 Å². The first kappa shape index (κ1) is 12.0. The van der Waals surface area contributed by atoms with Crippen LogP contribution in [0.4, 0.5) is 0 Å². The Morgan fingerprint density at radius 3 is 2.93 bits per heavy atom. The molecule has 0 heterocycles. The third-order valence-electron chi connectivity index (χ3n) is 2.96. The molecule has 0 aromatic carbocycles. The summed E-state index contributed by atoms with van der Waals surface area (Å²) in [7, 11) is 0. The molecule has 0 fully saturated rings. The van der Waals surface area contributed by atoms with Gasteiger partial charge in [0.15, 0.2) is 0 Å². The first-order chi connectivity index (χ1) is 7.00. The molecule has 2 N–H and O–H groups in total. The quantitative estimate of drug-likeness (QED) is 0.699. The van der Waals surface area contributed by atoms with Crippen LogP contribution in [0, 0.1) is 5.92 Å². The summed E-state index contributed by atoms with van der Waals surface area (Å²) in [5, 5.41) is 0. The molecular weight excluding hydrogens is 182 g/mol. The summed E-state index contributed by atoms with van der Waals surface area (Å²) >= 11 is 0. The van der Waals surface area contributed by atoms with E-state index in [2.05, 4.69) is 45.2 Å². The molecule has 1 rings (SSSR count). The lowest BCUT2D eigenvalue weighted by atomic mass is 9.94. The van der Waals surface area contributed by atoms with Crippen molar-refractivity contribution in [1.29, 1.82) is 0 Å². The Balaban J connectivity index is 2.72. The van der Waals surface area contributed by atoms with Gasteiger partial charge in [-0.05, 0) is 31.3 Å². The molecule has 1 aliphatic rings. The average Bonchev–Trinajstić information content (AvgIpc) is 2.29. The van der Waals surface area contributed by atoms with Gasteiger partial charge in [-0.15, -0.1) is 0 Å². The Morgan fingerprint density at radius 2 is 2.33 bits per heavy atom. The fourth-order valence-electron chi connectivity index (χ4n) is 1.57. The highest BCUT2D eigenvalue weighted by Crippen LogP contribution is 2.22. The van der Waals surface area contributed by atoms with Gasteiger partial charge in [-0.3, -0.25) is 0 Å². The van der Waals surface area contributed by atoms with Gasteiger partial charge in [0.25, 0.3) is 0 Å². The highest BCUT2D eigenvalue weighted by atomic mass is 14.6. The number of allylic oxidation sites excluding steroid dienone is 4. The average molecular weight is 203 g/mol. The highest BCUT2D eigenvalue weighted by molar-refractivity contribution is 5.31. The molecule has 0 bridgehead atoms. The Morgan fingerprint density at radius 1 is 1.67 bits per heavy atom. The lowest BCUT2D eigenvalue weighted by Gasteiger charge is -2.13. The summed E-state index contributed by atoms with van der Waals surface area (Å²) < 4.78 is 0. The molecule has 0 aliphatic heterocycles. The maximum atomic E-state index is 5.98. The largest absolute Gasteiger partial charge is 0.321 e. The smallest absolute Gasteiger partial charge is 0.0446 e. The van der Waals surface area contributed by atoms with Crippen molar-refractivity contribution in [2.24, 2.45) is 11.7 Å². The third-order valence-corrected chi connectivity index (χ3v) is 2.96. The highest BCUT2D eigenvalue weighted by Gasteiger charge is 2.10. The van der Waals surface area contributed by atoms with Gasteiger partial charge in [0.2, 0.25) is 0 Å². The van der Waals surface area contributed by atoms with E-state index in [0.717, 1.165) is 18.4 Å². The van der Waals surface area contributed by atoms with Crippen molar-refractivity contribution in [2.75, 3.05) is 0 Å². The van der Waals surface area contributed by atoms with E-state index in [1.165, 1.54) is 11.1 Å². The minimum Gasteiger partial charge on any atom is -0.321 e. The monoisotopic (exact) mass is 203 g/mol. The molecule has 0 spiro atoms. The number of rotatable bonds is 3. The minimum absolute atomic E-state index is 0.00678. The molecule has 2 atom stereocenters. The predicted molar refractivity (Wildman–Crippen MR) is 67.6 cm³/mol. The molecule has 1 nitrogen and oxygen atoms in total. The standard InChI is InChI=1S/C14H21N/c1-10(2)12(4)8-13-7-5-6-11(3)14(15)9-13/h5,7,9,12,14H,1,3,6,8,15H2,2,4H3. The van der Waals surface area contributed by atoms with Crippen LogP contribution < -0.4 is 5.73 Å². The van der Waals surface area contributed by atoms with Crippen molar-refractivity contribution < 1.29 is 0 Å². The fraction of sp³-hybridized carbons (Fsp3) is 0.429. The van der Waals surface area contributed by atoms with Crippen LogP contribution in [0.5, 0.6) is 0 Å². The lowest BCUT2D eigenvalue weighted by molar-refractivity contribution is 0.680. The summed E-state index contributed by atoms with van der Waals surface area (Å²) in [5.74, 6) is 0.513. The zero-order chi connectivity index (χ0) is 11.4. The molecule has 15 heavy (non-hydrogen) atoms. The van der Waals surface area contributed by atoms with E-state index < -0.39 is 0 Å². The van der Waals surface area contributed by atoms with Crippen molar-refractivity contribution in [3.63, 3.8) is 0 Å². The van der Waals surface area contributed by atoms with Crippen molar-refractivity contribution in [3.05, 3.63) is 48.1 Å². The van der Waals surface area contributed by atoms with Gasteiger partial charge in [-0.25, -0.2) is 0 Å². The molecule has 0 aromatic heterocycles. The van der Waals surface area contributed by atoms with Gasteiger partial charge in [0, 0.05) is 6.04 Å². The second-order valence-electron chi connectivity index (χ2n) is 4.48. The first-order valence-corrected chi connectivity index (χ1v) is 5.46. The Bertz CT molecular complexity index is 320. The first-order valence-electron chi connectivity index (χ1n) is 5.46. The molecule has 1 aliphatic carbocycles. The lowest BCUT2D eigenvalue weighted by Crippen LogP contribution is -2.18. The van der Waals surface area contributed by atoms with Gasteiger partial charge >= 0.3 is 0 Å². The van der Waals surface area contributed by atoms with Gasteiger partial charge in [0.05, 0.1) is 0 Å². The molecular formula is C14H21N. The van der Waals surface area contributed by atoms with Crippen molar-refractivity contribution in [3.8, 4) is 0 Å².